The topological polar surface area (TPSA) is 56.6 Å². The molecule has 1 aliphatic rings. The van der Waals surface area contributed by atoms with Gasteiger partial charge in [-0.15, -0.1) is 0 Å². The van der Waals surface area contributed by atoms with Crippen LogP contribution in [0, 0.1) is 11.3 Å². The Kier molecular flexibility index (Phi) is 4.03. The third kappa shape index (κ3) is 3.04. The van der Waals surface area contributed by atoms with Crippen LogP contribution in [0.4, 0.5) is 5.69 Å². The van der Waals surface area contributed by atoms with Crippen molar-refractivity contribution in [1.82, 2.24) is 4.90 Å². The smallest absolute Gasteiger partial charge is 0.254 e. The van der Waals surface area contributed by atoms with Gasteiger partial charge in [-0.3, -0.25) is 4.79 Å². The van der Waals surface area contributed by atoms with Gasteiger partial charge in [0.1, 0.15) is 0 Å². The molecule has 19 heavy (non-hydrogen) atoms. The second-order valence-corrected chi connectivity index (χ2v) is 4.68. The minimum absolute atomic E-state index is 0.0488. The van der Waals surface area contributed by atoms with Gasteiger partial charge in [0.2, 0.25) is 0 Å². The number of anilines is 1. The molecule has 1 fully saturated rings. The highest BCUT2D eigenvalue weighted by Crippen LogP contribution is 2.16. The summed E-state index contributed by atoms with van der Waals surface area (Å²) < 4.78 is 5.24. The summed E-state index contributed by atoms with van der Waals surface area (Å²) in [6, 6.07) is 9.52. The number of hydrogen-bond acceptors (Lipinski definition) is 4. The van der Waals surface area contributed by atoms with E-state index in [-0.39, 0.29) is 5.91 Å². The van der Waals surface area contributed by atoms with E-state index in [1.807, 2.05) is 43.3 Å². The second kappa shape index (κ2) is 5.72. The zero-order valence-electron chi connectivity index (χ0n) is 11.2. The van der Waals surface area contributed by atoms with Gasteiger partial charge in [0, 0.05) is 31.9 Å². The number of nitrogens with zero attached hydrogens (tertiary/aromatic N) is 3. The molecule has 0 spiro atoms. The summed E-state index contributed by atoms with van der Waals surface area (Å²) in [7, 11) is 3.87. The Balaban J connectivity index is 2.15. The molecule has 0 aromatic heterocycles. The van der Waals surface area contributed by atoms with Crippen LogP contribution < -0.4 is 4.90 Å². The lowest BCUT2D eigenvalue weighted by Crippen LogP contribution is -2.45. The zero-order chi connectivity index (χ0) is 13.8. The molecule has 100 valence electrons. The maximum Gasteiger partial charge on any atom is 0.254 e. The molecule has 1 aromatic carbocycles. The lowest BCUT2D eigenvalue weighted by molar-refractivity contribution is 0.00347. The zero-order valence-corrected chi connectivity index (χ0v) is 11.2. The molecule has 5 nitrogen and oxygen atoms in total. The molecule has 0 aliphatic carbocycles. The van der Waals surface area contributed by atoms with Gasteiger partial charge in [-0.05, 0) is 18.2 Å². The molecule has 1 amide bonds. The van der Waals surface area contributed by atoms with E-state index < -0.39 is 6.10 Å². The largest absolute Gasteiger partial charge is 0.378 e. The summed E-state index contributed by atoms with van der Waals surface area (Å²) in [5.74, 6) is -0.0488. The maximum absolute atomic E-state index is 12.4. The Morgan fingerprint density at radius 3 is 3.00 bits per heavy atom. The third-order valence-corrected chi connectivity index (χ3v) is 3.11. The lowest BCUT2D eigenvalue weighted by atomic mass is 10.1. The van der Waals surface area contributed by atoms with E-state index in [9.17, 15) is 4.79 Å². The average Bonchev–Trinajstić information content (AvgIpc) is 2.46. The van der Waals surface area contributed by atoms with Crippen molar-refractivity contribution in [2.75, 3.05) is 38.7 Å². The highest BCUT2D eigenvalue weighted by atomic mass is 16.5. The van der Waals surface area contributed by atoms with Crippen LogP contribution in [0.5, 0.6) is 0 Å². The van der Waals surface area contributed by atoms with Crippen LogP contribution >= 0.6 is 0 Å². The summed E-state index contributed by atoms with van der Waals surface area (Å²) in [4.78, 5) is 16.0. The molecule has 1 saturated heterocycles. The molecule has 1 heterocycles. The first-order valence-electron chi connectivity index (χ1n) is 6.19. The first-order valence-corrected chi connectivity index (χ1v) is 6.19. The van der Waals surface area contributed by atoms with Gasteiger partial charge in [-0.2, -0.15) is 5.26 Å². The van der Waals surface area contributed by atoms with Crippen LogP contribution in [-0.4, -0.2) is 50.7 Å². The Hall–Kier alpha value is -2.06. The summed E-state index contributed by atoms with van der Waals surface area (Å²) >= 11 is 0. The van der Waals surface area contributed by atoms with Crippen molar-refractivity contribution < 1.29 is 9.53 Å². The number of carbonyl (C=O) groups is 1. The first kappa shape index (κ1) is 13.4. The van der Waals surface area contributed by atoms with Crippen LogP contribution in [0.2, 0.25) is 0 Å². The van der Waals surface area contributed by atoms with Crippen LogP contribution in [0.1, 0.15) is 10.4 Å². The Bertz CT molecular complexity index is 508. The molecule has 0 bridgehead atoms. The van der Waals surface area contributed by atoms with Gasteiger partial charge in [0.05, 0.1) is 19.2 Å². The summed E-state index contributed by atoms with van der Waals surface area (Å²) in [6.45, 7) is 1.28. The molecule has 0 radical (unpaired) electrons. The highest BCUT2D eigenvalue weighted by molar-refractivity contribution is 5.95. The second-order valence-electron chi connectivity index (χ2n) is 4.68. The van der Waals surface area contributed by atoms with E-state index in [4.69, 9.17) is 10.00 Å². The molecule has 1 atom stereocenters. The fourth-order valence-corrected chi connectivity index (χ4v) is 2.01. The standard InChI is InChI=1S/C14H17N3O2/c1-16(2)12-5-3-4-11(8-12)14(18)17-6-7-19-13(9-15)10-17/h3-5,8,13H,6-7,10H2,1-2H3. The van der Waals surface area contributed by atoms with Gasteiger partial charge in [0.15, 0.2) is 6.10 Å². The van der Waals surface area contributed by atoms with E-state index in [0.717, 1.165) is 5.69 Å². The van der Waals surface area contributed by atoms with Gasteiger partial charge < -0.3 is 14.5 Å². The van der Waals surface area contributed by atoms with Crippen molar-refractivity contribution in [3.05, 3.63) is 29.8 Å². The van der Waals surface area contributed by atoms with E-state index in [1.165, 1.54) is 0 Å². The molecule has 2 rings (SSSR count). The SMILES string of the molecule is CN(C)c1cccc(C(=O)N2CCOC(C#N)C2)c1. The van der Waals surface area contributed by atoms with Crippen molar-refractivity contribution in [2.24, 2.45) is 0 Å². The summed E-state index contributed by atoms with van der Waals surface area (Å²) in [5, 5.41) is 8.86. The van der Waals surface area contributed by atoms with E-state index >= 15 is 0 Å². The quantitative estimate of drug-likeness (QED) is 0.798. The minimum atomic E-state index is -0.519. The van der Waals surface area contributed by atoms with Crippen molar-refractivity contribution in [3.63, 3.8) is 0 Å². The molecule has 0 N–H and O–H groups in total. The first-order chi connectivity index (χ1) is 9.11. The van der Waals surface area contributed by atoms with Crippen LogP contribution in [0.3, 0.4) is 0 Å². The number of carbonyl (C=O) groups excluding carboxylic acids is 1. The Labute approximate surface area is 113 Å². The molecular formula is C14H17N3O2. The summed E-state index contributed by atoms with van der Waals surface area (Å²) in [5.41, 5.74) is 1.63. The van der Waals surface area contributed by atoms with Crippen molar-refractivity contribution >= 4 is 11.6 Å². The Morgan fingerprint density at radius 1 is 1.53 bits per heavy atom. The van der Waals surface area contributed by atoms with Crippen LogP contribution in [0.25, 0.3) is 0 Å². The molecule has 1 aliphatic heterocycles. The number of hydrogen-bond donors (Lipinski definition) is 0. The van der Waals surface area contributed by atoms with Gasteiger partial charge in [-0.25, -0.2) is 0 Å². The number of nitriles is 1. The lowest BCUT2D eigenvalue weighted by Gasteiger charge is -2.30. The summed E-state index contributed by atoms with van der Waals surface area (Å²) in [6.07, 6.45) is -0.519. The fourth-order valence-electron chi connectivity index (χ4n) is 2.01. The molecular weight excluding hydrogens is 242 g/mol. The fraction of sp³-hybridized carbons (Fsp3) is 0.429. The molecule has 5 heteroatoms. The van der Waals surface area contributed by atoms with E-state index in [0.29, 0.717) is 25.3 Å². The van der Waals surface area contributed by atoms with E-state index in [2.05, 4.69) is 0 Å². The predicted octanol–water partition coefficient (Wildman–Crippen LogP) is 1.12. The molecule has 0 saturated carbocycles. The minimum Gasteiger partial charge on any atom is -0.378 e. The Morgan fingerprint density at radius 2 is 2.32 bits per heavy atom. The number of benzene rings is 1. The normalized spacial score (nSPS) is 18.8. The number of amides is 1. The van der Waals surface area contributed by atoms with Gasteiger partial charge in [-0.1, -0.05) is 6.07 Å². The maximum atomic E-state index is 12.4. The number of ether oxygens (including phenoxy) is 1. The van der Waals surface area contributed by atoms with Crippen molar-refractivity contribution in [1.29, 1.82) is 5.26 Å². The monoisotopic (exact) mass is 259 g/mol. The number of rotatable bonds is 2. The van der Waals surface area contributed by atoms with Crippen molar-refractivity contribution in [3.8, 4) is 6.07 Å². The third-order valence-electron chi connectivity index (χ3n) is 3.11. The van der Waals surface area contributed by atoms with Crippen LogP contribution in [0.15, 0.2) is 24.3 Å². The van der Waals surface area contributed by atoms with Crippen molar-refractivity contribution in [2.45, 2.75) is 6.10 Å². The van der Waals surface area contributed by atoms with Gasteiger partial charge in [0.25, 0.3) is 5.91 Å². The van der Waals surface area contributed by atoms with Crippen LogP contribution in [-0.2, 0) is 4.74 Å². The van der Waals surface area contributed by atoms with Gasteiger partial charge >= 0.3 is 0 Å². The highest BCUT2D eigenvalue weighted by Gasteiger charge is 2.24. The molecule has 1 unspecified atom stereocenters. The van der Waals surface area contributed by atoms with E-state index in [1.54, 1.807) is 11.0 Å². The average molecular weight is 259 g/mol. The number of morpholine rings is 1. The molecule has 1 aromatic rings. The predicted molar refractivity (Wildman–Crippen MR) is 72.0 cm³/mol.